The first-order valence-electron chi connectivity index (χ1n) is 12.4. The zero-order valence-electron chi connectivity index (χ0n) is 21.5. The standard InChI is InChI=1S/C27H44O4Si2/c1-18(2)23-17-27(6)20(4)25(15-14-22(27)16-24(23)28)29-21(5)26(31-33-8)13-11-9-10-12-19(3)30-32-7/h9-11,13,16,19-21,23,25-26,32H,1,7,12,14-15,17,33H2,2-6,8H3/b10-9+,13-11+. The zero-order chi connectivity index (χ0) is 24.6. The van der Waals surface area contributed by atoms with Crippen LogP contribution in [0.25, 0.3) is 0 Å². The van der Waals surface area contributed by atoms with Crippen molar-refractivity contribution in [2.75, 3.05) is 0 Å². The first-order valence-corrected chi connectivity index (χ1v) is 15.7. The third-order valence-electron chi connectivity index (χ3n) is 7.43. The number of carbonyl (C=O) groups excluding carboxylic acids is 1. The zero-order valence-corrected chi connectivity index (χ0v) is 24.1. The molecule has 2 rings (SSSR count). The largest absolute Gasteiger partial charge is 0.551 e. The van der Waals surface area contributed by atoms with E-state index in [2.05, 4.69) is 71.3 Å². The first-order chi connectivity index (χ1) is 15.6. The number of ketones is 1. The summed E-state index contributed by atoms with van der Waals surface area (Å²) < 4.78 is 18.3. The lowest BCUT2D eigenvalue weighted by molar-refractivity contribution is -0.123. The van der Waals surface area contributed by atoms with Crippen LogP contribution in [0.4, 0.5) is 0 Å². The van der Waals surface area contributed by atoms with Gasteiger partial charge in [0.25, 0.3) is 0 Å². The van der Waals surface area contributed by atoms with Crippen molar-refractivity contribution in [3.63, 3.8) is 0 Å². The Morgan fingerprint density at radius 2 is 2.12 bits per heavy atom. The average Bonchev–Trinajstić information content (AvgIpc) is 2.76. The lowest BCUT2D eigenvalue weighted by Gasteiger charge is -2.50. The number of carbonyl (C=O) groups is 1. The summed E-state index contributed by atoms with van der Waals surface area (Å²) in [6.45, 7) is 17.0. The molecule has 1 saturated carbocycles. The Morgan fingerprint density at radius 1 is 1.39 bits per heavy atom. The molecule has 7 unspecified atom stereocenters. The highest BCUT2D eigenvalue weighted by molar-refractivity contribution is 6.33. The van der Waals surface area contributed by atoms with Crippen molar-refractivity contribution in [2.45, 2.75) is 91.3 Å². The second-order valence-corrected chi connectivity index (χ2v) is 11.4. The van der Waals surface area contributed by atoms with Gasteiger partial charge in [0.05, 0.1) is 24.4 Å². The molecule has 0 spiro atoms. The van der Waals surface area contributed by atoms with Crippen LogP contribution in [0, 0.1) is 17.3 Å². The molecule has 0 N–H and O–H groups in total. The summed E-state index contributed by atoms with van der Waals surface area (Å²) in [6.07, 6.45) is 18.0. The number of ether oxygens (including phenoxy) is 1. The van der Waals surface area contributed by atoms with Crippen LogP contribution in [-0.4, -0.2) is 55.5 Å². The van der Waals surface area contributed by atoms with Crippen molar-refractivity contribution in [2.24, 2.45) is 17.3 Å². The van der Waals surface area contributed by atoms with Gasteiger partial charge in [0.15, 0.2) is 15.5 Å². The van der Waals surface area contributed by atoms with Crippen molar-refractivity contribution >= 4 is 31.1 Å². The molecule has 4 nitrogen and oxygen atoms in total. The number of hydrogen-bond acceptors (Lipinski definition) is 4. The molecule has 2 aliphatic rings. The van der Waals surface area contributed by atoms with Crippen LogP contribution in [0.1, 0.15) is 60.3 Å². The van der Waals surface area contributed by atoms with E-state index in [0.717, 1.165) is 31.3 Å². The van der Waals surface area contributed by atoms with Gasteiger partial charge in [0.1, 0.15) is 0 Å². The second kappa shape index (κ2) is 12.9. The minimum atomic E-state index is -0.574. The Bertz CT molecular complexity index is 787. The Morgan fingerprint density at radius 3 is 2.76 bits per heavy atom. The molecule has 0 aromatic carbocycles. The maximum Gasteiger partial charge on any atom is 0.208 e. The highest BCUT2D eigenvalue weighted by Gasteiger charge is 2.48. The molecule has 0 aromatic rings. The van der Waals surface area contributed by atoms with E-state index >= 15 is 0 Å². The van der Waals surface area contributed by atoms with E-state index in [0.29, 0.717) is 5.92 Å². The van der Waals surface area contributed by atoms with Crippen LogP contribution in [-0.2, 0) is 18.4 Å². The molecule has 2 aliphatic carbocycles. The normalized spacial score (nSPS) is 30.9. The Labute approximate surface area is 206 Å². The van der Waals surface area contributed by atoms with Gasteiger partial charge in [-0.2, -0.15) is 0 Å². The Balaban J connectivity index is 2.04. The fraction of sp³-hybridized carbons (Fsp3) is 0.630. The van der Waals surface area contributed by atoms with Crippen LogP contribution in [0.15, 0.2) is 48.1 Å². The quantitative estimate of drug-likeness (QED) is 0.231. The number of hydrogen-bond donors (Lipinski definition) is 0. The van der Waals surface area contributed by atoms with Crippen LogP contribution in [0.3, 0.4) is 0 Å². The molecular weight excluding hydrogens is 444 g/mol. The van der Waals surface area contributed by atoms with E-state index < -0.39 is 9.76 Å². The van der Waals surface area contributed by atoms with Crippen LogP contribution in [0.5, 0.6) is 0 Å². The van der Waals surface area contributed by atoms with Crippen LogP contribution >= 0.6 is 0 Å². The van der Waals surface area contributed by atoms with E-state index in [4.69, 9.17) is 13.6 Å². The van der Waals surface area contributed by atoms with Gasteiger partial charge in [-0.25, -0.2) is 0 Å². The summed E-state index contributed by atoms with van der Waals surface area (Å²) in [7, 11) is -0.736. The van der Waals surface area contributed by atoms with E-state index in [-0.39, 0.29) is 50.9 Å². The summed E-state index contributed by atoms with van der Waals surface area (Å²) >= 11 is 0. The maximum atomic E-state index is 12.6. The molecule has 7 atom stereocenters. The van der Waals surface area contributed by atoms with Gasteiger partial charge in [-0.1, -0.05) is 68.6 Å². The summed E-state index contributed by atoms with van der Waals surface area (Å²) in [5, 5.41) is 0. The molecule has 33 heavy (non-hydrogen) atoms. The number of fused-ring (bicyclic) bond motifs is 1. The third kappa shape index (κ3) is 7.32. The van der Waals surface area contributed by atoms with Gasteiger partial charge >= 0.3 is 0 Å². The third-order valence-corrected chi connectivity index (χ3v) is 8.81. The highest BCUT2D eigenvalue weighted by Crippen LogP contribution is 2.53. The molecule has 0 aliphatic heterocycles. The van der Waals surface area contributed by atoms with Gasteiger partial charge in [0.2, 0.25) is 9.38 Å². The lowest BCUT2D eigenvalue weighted by Crippen LogP contribution is -2.47. The average molecular weight is 489 g/mol. The second-order valence-electron chi connectivity index (χ2n) is 9.88. The maximum absolute atomic E-state index is 12.6. The summed E-state index contributed by atoms with van der Waals surface area (Å²) in [6, 6.07) is 0. The lowest BCUT2D eigenvalue weighted by atomic mass is 9.57. The number of rotatable bonds is 12. The predicted molar refractivity (Wildman–Crippen MR) is 144 cm³/mol. The summed E-state index contributed by atoms with van der Waals surface area (Å²) in [5.41, 5.74) is 2.24. The van der Waals surface area contributed by atoms with Crippen molar-refractivity contribution in [3.05, 3.63) is 48.1 Å². The van der Waals surface area contributed by atoms with E-state index in [1.165, 1.54) is 5.57 Å². The minimum absolute atomic E-state index is 0.0247. The SMILES string of the molecule is C=[SiH]OC(C)C/C=C/C=C/C(O[SiH2]C)C(C)OC1CCC2=CC(=O)C(C(=C)C)CC2(C)C1C. The fourth-order valence-electron chi connectivity index (χ4n) is 5.13. The Hall–Kier alpha value is -1.35. The van der Waals surface area contributed by atoms with Crippen molar-refractivity contribution in [1.82, 2.24) is 0 Å². The molecule has 0 amide bonds. The summed E-state index contributed by atoms with van der Waals surface area (Å²) in [5.74, 6) is 0.482. The minimum Gasteiger partial charge on any atom is -0.551 e. The number of allylic oxidation sites excluding steroid dienone is 5. The molecule has 0 aromatic heterocycles. The van der Waals surface area contributed by atoms with Crippen LogP contribution in [0.2, 0.25) is 6.55 Å². The predicted octanol–water partition coefficient (Wildman–Crippen LogP) is 4.50. The molecule has 0 heterocycles. The molecule has 184 valence electrons. The topological polar surface area (TPSA) is 44.8 Å². The smallest absolute Gasteiger partial charge is 0.208 e. The van der Waals surface area contributed by atoms with Gasteiger partial charge in [-0.15, -0.1) is 0 Å². The van der Waals surface area contributed by atoms with E-state index in [1.807, 2.05) is 13.0 Å². The monoisotopic (exact) mass is 488 g/mol. The highest BCUT2D eigenvalue weighted by atomic mass is 28.2. The van der Waals surface area contributed by atoms with Gasteiger partial charge in [-0.3, -0.25) is 4.79 Å². The molecule has 0 saturated heterocycles. The van der Waals surface area contributed by atoms with Crippen molar-refractivity contribution < 1.29 is 18.4 Å². The van der Waals surface area contributed by atoms with Crippen molar-refractivity contribution in [3.8, 4) is 0 Å². The van der Waals surface area contributed by atoms with E-state index in [1.54, 1.807) is 0 Å². The van der Waals surface area contributed by atoms with Gasteiger partial charge in [0, 0.05) is 12.3 Å². The summed E-state index contributed by atoms with van der Waals surface area (Å²) in [4.78, 5) is 12.6. The van der Waals surface area contributed by atoms with Crippen molar-refractivity contribution in [1.29, 1.82) is 0 Å². The van der Waals surface area contributed by atoms with E-state index in [9.17, 15) is 4.79 Å². The molecular formula is C27H44O4Si2. The molecule has 6 heteroatoms. The van der Waals surface area contributed by atoms with Gasteiger partial charge in [-0.05, 0) is 57.4 Å². The van der Waals surface area contributed by atoms with Crippen LogP contribution < -0.4 is 0 Å². The fourth-order valence-corrected chi connectivity index (χ4v) is 6.33. The molecule has 1 fully saturated rings. The molecule has 0 bridgehead atoms. The Kier molecular flexibility index (Phi) is 10.9. The molecule has 0 radical (unpaired) electrons. The first kappa shape index (κ1) is 27.9. The van der Waals surface area contributed by atoms with Gasteiger partial charge < -0.3 is 13.6 Å².